The molecule has 6 nitrogen and oxygen atoms in total. The second-order valence-corrected chi connectivity index (χ2v) is 7.34. The molecule has 1 fully saturated rings. The molecule has 1 aromatic heterocycles. The lowest BCUT2D eigenvalue weighted by atomic mass is 10.2. The average Bonchev–Trinajstić information content (AvgIpc) is 2.81. The maximum absolute atomic E-state index is 12.0. The van der Waals surface area contributed by atoms with Crippen LogP contribution in [-0.2, 0) is 16.4 Å². The molecule has 0 aromatic carbocycles. The summed E-state index contributed by atoms with van der Waals surface area (Å²) in [6.45, 7) is 2.59. The molecule has 1 amide bonds. The lowest BCUT2D eigenvalue weighted by molar-refractivity contribution is 0.0934. The van der Waals surface area contributed by atoms with Gasteiger partial charge in [0.2, 0.25) is 0 Å². The molecule has 100 valence electrons. The highest BCUT2D eigenvalue weighted by atomic mass is 79.9. The van der Waals surface area contributed by atoms with Crippen molar-refractivity contribution in [1.82, 2.24) is 15.1 Å². The van der Waals surface area contributed by atoms with Crippen molar-refractivity contribution in [3.63, 3.8) is 0 Å². The topological polar surface area (TPSA) is 81.1 Å². The predicted octanol–water partition coefficient (Wildman–Crippen LogP) is 0.582. The second kappa shape index (κ2) is 5.00. The molecule has 1 N–H and O–H groups in total. The van der Waals surface area contributed by atoms with Crippen LogP contribution in [0.2, 0.25) is 0 Å². The SMILES string of the molecule is CCn1cc(Br)c(C(=O)N[C@@H]2CCS(=O)(=O)C2)n1. The molecule has 0 bridgehead atoms. The number of rotatable bonds is 3. The lowest BCUT2D eigenvalue weighted by Gasteiger charge is -2.09. The van der Waals surface area contributed by atoms with Crippen molar-refractivity contribution in [2.75, 3.05) is 11.5 Å². The Hall–Kier alpha value is -0.890. The van der Waals surface area contributed by atoms with Gasteiger partial charge in [-0.1, -0.05) is 0 Å². The van der Waals surface area contributed by atoms with E-state index >= 15 is 0 Å². The fraction of sp³-hybridized carbons (Fsp3) is 0.600. The molecule has 1 aliphatic rings. The molecule has 0 radical (unpaired) electrons. The van der Waals surface area contributed by atoms with Crippen LogP contribution in [0, 0.1) is 0 Å². The van der Waals surface area contributed by atoms with Crippen molar-refractivity contribution in [2.24, 2.45) is 0 Å². The van der Waals surface area contributed by atoms with Crippen LogP contribution in [0.25, 0.3) is 0 Å². The maximum atomic E-state index is 12.0. The van der Waals surface area contributed by atoms with Gasteiger partial charge in [0.15, 0.2) is 15.5 Å². The summed E-state index contributed by atoms with van der Waals surface area (Å²) in [4.78, 5) is 12.0. The summed E-state index contributed by atoms with van der Waals surface area (Å²) in [5.41, 5.74) is 0.293. The van der Waals surface area contributed by atoms with E-state index in [-0.39, 0.29) is 23.5 Å². The number of carbonyl (C=O) groups excluding carboxylic acids is 1. The Morgan fingerprint density at radius 1 is 1.67 bits per heavy atom. The number of halogens is 1. The summed E-state index contributed by atoms with van der Waals surface area (Å²) in [7, 11) is -2.98. The third-order valence-corrected chi connectivity index (χ3v) is 5.17. The van der Waals surface area contributed by atoms with Crippen LogP contribution in [0.1, 0.15) is 23.8 Å². The molecule has 18 heavy (non-hydrogen) atoms. The van der Waals surface area contributed by atoms with Gasteiger partial charge in [-0.25, -0.2) is 8.42 Å². The van der Waals surface area contributed by atoms with E-state index in [1.807, 2.05) is 6.92 Å². The molecule has 1 aromatic rings. The Morgan fingerprint density at radius 2 is 2.39 bits per heavy atom. The molecule has 8 heteroatoms. The largest absolute Gasteiger partial charge is 0.347 e. The van der Waals surface area contributed by atoms with Crippen LogP contribution >= 0.6 is 15.9 Å². The van der Waals surface area contributed by atoms with Gasteiger partial charge in [-0.05, 0) is 29.3 Å². The van der Waals surface area contributed by atoms with Gasteiger partial charge >= 0.3 is 0 Å². The van der Waals surface area contributed by atoms with Crippen LogP contribution in [0.4, 0.5) is 0 Å². The number of hydrogen-bond donors (Lipinski definition) is 1. The third kappa shape index (κ3) is 2.92. The standard InChI is InChI=1S/C10H14BrN3O3S/c1-2-14-5-8(11)9(13-14)10(15)12-7-3-4-18(16,17)6-7/h5,7H,2-4,6H2,1H3,(H,12,15)/t7-/m1/s1. The molecule has 1 atom stereocenters. The number of sulfone groups is 1. The Labute approximate surface area is 114 Å². The van der Waals surface area contributed by atoms with Gasteiger partial charge in [0.05, 0.1) is 16.0 Å². The number of carbonyl (C=O) groups is 1. The quantitative estimate of drug-likeness (QED) is 0.876. The fourth-order valence-electron chi connectivity index (χ4n) is 1.88. The fourth-order valence-corrected chi connectivity index (χ4v) is 4.04. The highest BCUT2D eigenvalue weighted by Gasteiger charge is 2.30. The molecule has 2 rings (SSSR count). The zero-order valence-electron chi connectivity index (χ0n) is 9.89. The van der Waals surface area contributed by atoms with Gasteiger partial charge in [-0.15, -0.1) is 0 Å². The van der Waals surface area contributed by atoms with E-state index in [0.717, 1.165) is 0 Å². The Morgan fingerprint density at radius 3 is 2.89 bits per heavy atom. The number of aryl methyl sites for hydroxylation is 1. The van der Waals surface area contributed by atoms with E-state index in [1.54, 1.807) is 10.9 Å². The van der Waals surface area contributed by atoms with E-state index in [1.165, 1.54) is 0 Å². The van der Waals surface area contributed by atoms with Crippen molar-refractivity contribution < 1.29 is 13.2 Å². The first-order valence-electron chi connectivity index (χ1n) is 5.65. The molecule has 2 heterocycles. The molecule has 0 saturated carbocycles. The maximum Gasteiger partial charge on any atom is 0.273 e. The van der Waals surface area contributed by atoms with Crippen LogP contribution in [-0.4, -0.2) is 41.7 Å². The predicted molar refractivity (Wildman–Crippen MR) is 70.1 cm³/mol. The molecule has 0 aliphatic carbocycles. The summed E-state index contributed by atoms with van der Waals surface area (Å²) >= 11 is 3.27. The summed E-state index contributed by atoms with van der Waals surface area (Å²) in [5.74, 6) is -0.177. The normalized spacial score (nSPS) is 22.0. The smallest absolute Gasteiger partial charge is 0.273 e. The monoisotopic (exact) mass is 335 g/mol. The molecule has 1 aliphatic heterocycles. The first kappa shape index (κ1) is 13.5. The molecule has 1 saturated heterocycles. The zero-order chi connectivity index (χ0) is 13.3. The van der Waals surface area contributed by atoms with Crippen molar-refractivity contribution in [3.05, 3.63) is 16.4 Å². The highest BCUT2D eigenvalue weighted by molar-refractivity contribution is 9.10. The number of nitrogens with one attached hydrogen (secondary N) is 1. The average molecular weight is 336 g/mol. The Bertz CT molecular complexity index is 567. The van der Waals surface area contributed by atoms with Gasteiger partial charge in [0.25, 0.3) is 5.91 Å². The minimum Gasteiger partial charge on any atom is -0.347 e. The van der Waals surface area contributed by atoms with Gasteiger partial charge in [-0.3, -0.25) is 9.48 Å². The molecular formula is C10H14BrN3O3S. The molecule has 0 unspecified atom stereocenters. The third-order valence-electron chi connectivity index (χ3n) is 2.82. The van der Waals surface area contributed by atoms with Gasteiger partial charge in [0, 0.05) is 18.8 Å². The zero-order valence-corrected chi connectivity index (χ0v) is 12.3. The van der Waals surface area contributed by atoms with E-state index in [0.29, 0.717) is 23.1 Å². The molecule has 0 spiro atoms. The minimum absolute atomic E-state index is 0.0187. The van der Waals surface area contributed by atoms with E-state index < -0.39 is 9.84 Å². The van der Waals surface area contributed by atoms with E-state index in [2.05, 4.69) is 26.3 Å². The summed E-state index contributed by atoms with van der Waals surface area (Å²) in [5, 5.41) is 6.82. The number of aromatic nitrogens is 2. The first-order chi connectivity index (χ1) is 8.41. The highest BCUT2D eigenvalue weighted by Crippen LogP contribution is 2.16. The molecular weight excluding hydrogens is 322 g/mol. The van der Waals surface area contributed by atoms with E-state index in [4.69, 9.17) is 0 Å². The number of nitrogens with zero attached hydrogens (tertiary/aromatic N) is 2. The van der Waals surface area contributed by atoms with Gasteiger partial charge < -0.3 is 5.32 Å². The number of hydrogen-bond acceptors (Lipinski definition) is 4. The first-order valence-corrected chi connectivity index (χ1v) is 8.27. The summed E-state index contributed by atoms with van der Waals surface area (Å²) < 4.78 is 24.8. The van der Waals surface area contributed by atoms with Crippen molar-refractivity contribution in [3.8, 4) is 0 Å². The van der Waals surface area contributed by atoms with Crippen LogP contribution in [0.15, 0.2) is 10.7 Å². The van der Waals surface area contributed by atoms with Crippen LogP contribution in [0.3, 0.4) is 0 Å². The Balaban J connectivity index is 2.06. The van der Waals surface area contributed by atoms with Crippen molar-refractivity contribution in [1.29, 1.82) is 0 Å². The van der Waals surface area contributed by atoms with Crippen LogP contribution < -0.4 is 5.32 Å². The van der Waals surface area contributed by atoms with Gasteiger partial charge in [0.1, 0.15) is 0 Å². The Kier molecular flexibility index (Phi) is 3.76. The summed E-state index contributed by atoms with van der Waals surface area (Å²) in [6.07, 6.45) is 2.19. The lowest BCUT2D eigenvalue weighted by Crippen LogP contribution is -2.36. The minimum atomic E-state index is -2.98. The number of amides is 1. The van der Waals surface area contributed by atoms with Crippen molar-refractivity contribution >= 4 is 31.7 Å². The summed E-state index contributed by atoms with van der Waals surface area (Å²) in [6, 6.07) is -0.304. The van der Waals surface area contributed by atoms with E-state index in [9.17, 15) is 13.2 Å². The van der Waals surface area contributed by atoms with Crippen molar-refractivity contribution in [2.45, 2.75) is 25.9 Å². The van der Waals surface area contributed by atoms with Gasteiger partial charge in [-0.2, -0.15) is 5.10 Å². The second-order valence-electron chi connectivity index (χ2n) is 4.25. The van der Waals surface area contributed by atoms with Crippen LogP contribution in [0.5, 0.6) is 0 Å².